The average molecular weight is 237 g/mol. The van der Waals surface area contributed by atoms with Crippen molar-refractivity contribution in [2.75, 3.05) is 0 Å². The largest absolute Gasteiger partial charge is 0.504 e. The van der Waals surface area contributed by atoms with Crippen LogP contribution in [-0.2, 0) is 6.42 Å². The van der Waals surface area contributed by atoms with E-state index in [9.17, 15) is 15.3 Å². The zero-order valence-corrected chi connectivity index (χ0v) is 10.1. The molecule has 2 atom stereocenters. The third kappa shape index (κ3) is 2.37. The van der Waals surface area contributed by atoms with Crippen molar-refractivity contribution in [1.82, 2.24) is 5.32 Å². The smallest absolute Gasteiger partial charge is 0.157 e. The van der Waals surface area contributed by atoms with Gasteiger partial charge in [0.05, 0.1) is 6.10 Å². The highest BCUT2D eigenvalue weighted by atomic mass is 16.3. The summed E-state index contributed by atoms with van der Waals surface area (Å²) in [7, 11) is 0. The maximum Gasteiger partial charge on any atom is 0.157 e. The van der Waals surface area contributed by atoms with Gasteiger partial charge in [0, 0.05) is 12.1 Å². The van der Waals surface area contributed by atoms with Crippen molar-refractivity contribution in [1.29, 1.82) is 0 Å². The van der Waals surface area contributed by atoms with Gasteiger partial charge >= 0.3 is 0 Å². The Morgan fingerprint density at radius 3 is 2.53 bits per heavy atom. The maximum absolute atomic E-state index is 10.2. The van der Waals surface area contributed by atoms with Gasteiger partial charge in [-0.2, -0.15) is 0 Å². The molecular weight excluding hydrogens is 218 g/mol. The van der Waals surface area contributed by atoms with Crippen molar-refractivity contribution in [2.24, 2.45) is 0 Å². The Morgan fingerprint density at radius 2 is 1.88 bits per heavy atom. The summed E-state index contributed by atoms with van der Waals surface area (Å²) in [5, 5.41) is 32.4. The molecule has 4 nitrogen and oxygen atoms in total. The first kappa shape index (κ1) is 12.2. The molecule has 0 fully saturated rings. The molecule has 0 radical (unpaired) electrons. The van der Waals surface area contributed by atoms with Gasteiger partial charge in [-0.15, -0.1) is 0 Å². The first-order valence-corrected chi connectivity index (χ1v) is 5.98. The molecule has 4 heteroatoms. The highest BCUT2D eigenvalue weighted by Crippen LogP contribution is 2.37. The van der Waals surface area contributed by atoms with Gasteiger partial charge in [0.15, 0.2) is 11.5 Å². The van der Waals surface area contributed by atoms with Crippen molar-refractivity contribution in [3.63, 3.8) is 0 Å². The number of phenols is 2. The number of aliphatic hydroxyl groups excluding tert-OH is 1. The second-order valence-electron chi connectivity index (χ2n) is 4.95. The van der Waals surface area contributed by atoms with Crippen LogP contribution in [0.15, 0.2) is 12.1 Å². The van der Waals surface area contributed by atoms with E-state index in [1.165, 1.54) is 6.07 Å². The third-order valence-corrected chi connectivity index (χ3v) is 3.21. The molecule has 0 saturated heterocycles. The molecule has 1 aliphatic carbocycles. The first-order valence-electron chi connectivity index (χ1n) is 5.98. The summed E-state index contributed by atoms with van der Waals surface area (Å²) < 4.78 is 0. The fourth-order valence-electron chi connectivity index (χ4n) is 2.42. The number of nitrogens with one attached hydrogen (secondary N) is 1. The molecule has 0 amide bonds. The minimum atomic E-state index is -0.632. The number of aryl methyl sites for hydroxylation is 1. The van der Waals surface area contributed by atoms with Crippen LogP contribution < -0.4 is 5.32 Å². The lowest BCUT2D eigenvalue weighted by atomic mass is 9.85. The summed E-state index contributed by atoms with van der Waals surface area (Å²) in [6, 6.07) is 3.32. The lowest BCUT2D eigenvalue weighted by molar-refractivity contribution is 0.110. The van der Waals surface area contributed by atoms with Gasteiger partial charge in [-0.25, -0.2) is 0 Å². The van der Waals surface area contributed by atoms with Crippen molar-refractivity contribution < 1.29 is 15.3 Å². The molecule has 1 aliphatic rings. The molecule has 1 aromatic carbocycles. The monoisotopic (exact) mass is 237 g/mol. The van der Waals surface area contributed by atoms with Gasteiger partial charge in [0.1, 0.15) is 0 Å². The van der Waals surface area contributed by atoms with Crippen molar-refractivity contribution in [3.05, 3.63) is 23.3 Å². The van der Waals surface area contributed by atoms with E-state index in [0.29, 0.717) is 11.6 Å². The molecule has 0 aliphatic heterocycles. The van der Waals surface area contributed by atoms with E-state index >= 15 is 0 Å². The third-order valence-electron chi connectivity index (χ3n) is 3.21. The van der Waals surface area contributed by atoms with Crippen LogP contribution in [-0.4, -0.2) is 27.4 Å². The number of hydrogen-bond acceptors (Lipinski definition) is 4. The van der Waals surface area contributed by atoms with Crippen LogP contribution in [0, 0.1) is 0 Å². The summed E-state index contributed by atoms with van der Waals surface area (Å²) in [5.41, 5.74) is 1.62. The average Bonchev–Trinajstić information content (AvgIpc) is 2.25. The minimum Gasteiger partial charge on any atom is -0.504 e. The highest BCUT2D eigenvalue weighted by Gasteiger charge is 2.29. The first-order chi connectivity index (χ1) is 7.99. The zero-order valence-electron chi connectivity index (χ0n) is 10.1. The molecule has 94 valence electrons. The van der Waals surface area contributed by atoms with E-state index in [1.54, 1.807) is 6.07 Å². The van der Waals surface area contributed by atoms with E-state index in [4.69, 9.17) is 0 Å². The van der Waals surface area contributed by atoms with Gasteiger partial charge < -0.3 is 20.6 Å². The Balaban J connectivity index is 2.28. The Hall–Kier alpha value is -1.26. The van der Waals surface area contributed by atoms with E-state index in [0.717, 1.165) is 18.4 Å². The minimum absolute atomic E-state index is 0.00597. The van der Waals surface area contributed by atoms with Crippen LogP contribution in [0.3, 0.4) is 0 Å². The number of fused-ring (bicyclic) bond motifs is 1. The molecule has 0 heterocycles. The highest BCUT2D eigenvalue weighted by molar-refractivity contribution is 5.47. The van der Waals surface area contributed by atoms with Gasteiger partial charge in [0.2, 0.25) is 0 Å². The van der Waals surface area contributed by atoms with Crippen molar-refractivity contribution in [3.8, 4) is 11.5 Å². The van der Waals surface area contributed by atoms with Gasteiger partial charge in [0.25, 0.3) is 0 Å². The summed E-state index contributed by atoms with van der Waals surface area (Å²) in [6.07, 6.45) is 0.994. The molecule has 0 spiro atoms. The zero-order chi connectivity index (χ0) is 12.6. The van der Waals surface area contributed by atoms with Crippen molar-refractivity contribution in [2.45, 2.75) is 44.9 Å². The van der Waals surface area contributed by atoms with Crippen LogP contribution in [0.25, 0.3) is 0 Å². The second kappa shape index (κ2) is 4.55. The normalized spacial score (nSPS) is 23.8. The molecule has 2 rings (SSSR count). The van der Waals surface area contributed by atoms with Gasteiger partial charge in [-0.05, 0) is 36.1 Å². The summed E-state index contributed by atoms with van der Waals surface area (Å²) in [4.78, 5) is 0. The van der Waals surface area contributed by atoms with Crippen molar-refractivity contribution >= 4 is 0 Å². The SMILES string of the molecule is CC(C)NC1CCc2cc(O)c(O)cc2C1O. The quantitative estimate of drug-likeness (QED) is 0.587. The number of aliphatic hydroxyl groups is 1. The standard InChI is InChI=1S/C13H19NO3/c1-7(2)14-10-4-3-8-5-11(15)12(16)6-9(8)13(10)17/h5-7,10,13-17H,3-4H2,1-2H3. The Morgan fingerprint density at radius 1 is 1.24 bits per heavy atom. The number of phenolic OH excluding ortho intramolecular Hbond substituents is 2. The summed E-state index contributed by atoms with van der Waals surface area (Å²) in [5.74, 6) is -0.292. The molecule has 1 aromatic rings. The molecule has 0 bridgehead atoms. The molecule has 17 heavy (non-hydrogen) atoms. The second-order valence-corrected chi connectivity index (χ2v) is 4.95. The van der Waals surface area contributed by atoms with Crippen LogP contribution in [0.2, 0.25) is 0 Å². The lowest BCUT2D eigenvalue weighted by Gasteiger charge is -2.32. The topological polar surface area (TPSA) is 72.7 Å². The Labute approximate surface area is 101 Å². The Bertz CT molecular complexity index is 417. The van der Waals surface area contributed by atoms with Crippen LogP contribution in [0.1, 0.15) is 37.5 Å². The van der Waals surface area contributed by atoms with E-state index in [1.807, 2.05) is 13.8 Å². The number of benzene rings is 1. The fraction of sp³-hybridized carbons (Fsp3) is 0.538. The molecular formula is C13H19NO3. The Kier molecular flexibility index (Phi) is 3.26. The maximum atomic E-state index is 10.2. The van der Waals surface area contributed by atoms with E-state index < -0.39 is 6.10 Å². The van der Waals surface area contributed by atoms with Crippen LogP contribution in [0.4, 0.5) is 0 Å². The van der Waals surface area contributed by atoms with Gasteiger partial charge in [-0.1, -0.05) is 13.8 Å². The fourth-order valence-corrected chi connectivity index (χ4v) is 2.42. The number of rotatable bonds is 2. The summed E-state index contributed by atoms with van der Waals surface area (Å²) >= 11 is 0. The molecule has 4 N–H and O–H groups in total. The lowest BCUT2D eigenvalue weighted by Crippen LogP contribution is -2.41. The number of aromatic hydroxyl groups is 2. The molecule has 2 unspecified atom stereocenters. The summed E-state index contributed by atoms with van der Waals surface area (Å²) in [6.45, 7) is 4.08. The van der Waals surface area contributed by atoms with Crippen LogP contribution >= 0.6 is 0 Å². The van der Waals surface area contributed by atoms with E-state index in [2.05, 4.69) is 5.32 Å². The van der Waals surface area contributed by atoms with Crippen LogP contribution in [0.5, 0.6) is 11.5 Å². The molecule has 0 aromatic heterocycles. The predicted octanol–water partition coefficient (Wildman–Crippen LogP) is 1.44. The predicted molar refractivity (Wildman–Crippen MR) is 65.1 cm³/mol. The molecule has 0 saturated carbocycles. The van der Waals surface area contributed by atoms with Gasteiger partial charge in [-0.3, -0.25) is 0 Å². The van der Waals surface area contributed by atoms with E-state index in [-0.39, 0.29) is 17.5 Å². The number of hydrogen-bond donors (Lipinski definition) is 4.